The van der Waals surface area contributed by atoms with Crippen LogP contribution in [-0.4, -0.2) is 30.2 Å². The zero-order valence-electron chi connectivity index (χ0n) is 7.12. The molecule has 0 aliphatic carbocycles. The quantitative estimate of drug-likeness (QED) is 0.557. The third-order valence-electron chi connectivity index (χ3n) is 1.63. The lowest BCUT2D eigenvalue weighted by Gasteiger charge is -2.11. The average molecular weight is 157 g/mol. The fraction of sp³-hybridized carbons (Fsp3) is 0.750. The zero-order valence-corrected chi connectivity index (χ0v) is 7.12. The molecule has 0 aromatic rings. The lowest BCUT2D eigenvalue weighted by Crippen LogP contribution is -2.28. The summed E-state index contributed by atoms with van der Waals surface area (Å²) in [6.45, 7) is 4.74. The van der Waals surface area contributed by atoms with E-state index in [1.807, 2.05) is 13.8 Å². The third-order valence-corrected chi connectivity index (χ3v) is 1.63. The Balaban J connectivity index is 0.000000461. The average Bonchev–Trinajstić information content (AvgIpc) is 2.54. The lowest BCUT2D eigenvalue weighted by molar-refractivity contribution is -0.123. The summed E-state index contributed by atoms with van der Waals surface area (Å²) >= 11 is 0. The first-order chi connectivity index (χ1) is 5.38. The molecule has 3 nitrogen and oxygen atoms in total. The Bertz CT molecular complexity index is 111. The van der Waals surface area contributed by atoms with Gasteiger partial charge in [0, 0.05) is 6.54 Å². The van der Waals surface area contributed by atoms with Crippen molar-refractivity contribution in [1.29, 1.82) is 0 Å². The first-order valence-electron chi connectivity index (χ1n) is 4.05. The largest absolute Gasteiger partial charge is 0.336 e. The van der Waals surface area contributed by atoms with Crippen LogP contribution < -0.4 is 0 Å². The van der Waals surface area contributed by atoms with Crippen LogP contribution in [0.1, 0.15) is 26.7 Å². The topological polar surface area (TPSA) is 37.4 Å². The van der Waals surface area contributed by atoms with Crippen molar-refractivity contribution in [2.24, 2.45) is 0 Å². The van der Waals surface area contributed by atoms with Gasteiger partial charge in [-0.3, -0.25) is 4.79 Å². The molecule has 0 saturated carbocycles. The van der Waals surface area contributed by atoms with E-state index in [2.05, 4.69) is 0 Å². The maximum atomic E-state index is 10.2. The third kappa shape index (κ3) is 2.70. The van der Waals surface area contributed by atoms with Crippen LogP contribution in [0.25, 0.3) is 0 Å². The number of carbonyl (C=O) groups is 2. The Morgan fingerprint density at radius 3 is 2.36 bits per heavy atom. The van der Waals surface area contributed by atoms with Gasteiger partial charge in [0.25, 0.3) is 0 Å². The molecule has 1 aliphatic heterocycles. The molecular weight excluding hydrogens is 142 g/mol. The summed E-state index contributed by atoms with van der Waals surface area (Å²) in [6.07, 6.45) is 3.37. The van der Waals surface area contributed by atoms with Gasteiger partial charge in [0.2, 0.25) is 6.41 Å². The molecule has 0 spiro atoms. The second-order valence-corrected chi connectivity index (χ2v) is 2.19. The van der Waals surface area contributed by atoms with E-state index in [9.17, 15) is 9.59 Å². The van der Waals surface area contributed by atoms with Crippen LogP contribution in [-0.2, 0) is 9.59 Å². The predicted octanol–water partition coefficient (Wildman–Crippen LogP) is 0.832. The molecule has 3 heteroatoms. The smallest absolute Gasteiger partial charge is 0.210 e. The number of likely N-dealkylation sites (tertiary alicyclic amines) is 1. The van der Waals surface area contributed by atoms with Gasteiger partial charge in [0.05, 0.1) is 6.04 Å². The molecule has 1 aliphatic rings. The van der Waals surface area contributed by atoms with Gasteiger partial charge in [-0.2, -0.15) is 0 Å². The van der Waals surface area contributed by atoms with Gasteiger partial charge in [-0.1, -0.05) is 13.8 Å². The van der Waals surface area contributed by atoms with Crippen LogP contribution in [0.3, 0.4) is 0 Å². The maximum absolute atomic E-state index is 10.2. The van der Waals surface area contributed by atoms with Crippen molar-refractivity contribution >= 4 is 12.7 Å². The van der Waals surface area contributed by atoms with Crippen molar-refractivity contribution in [3.8, 4) is 0 Å². The molecule has 1 heterocycles. The predicted molar refractivity (Wildman–Crippen MR) is 43.2 cm³/mol. The molecule has 1 atom stereocenters. The second-order valence-electron chi connectivity index (χ2n) is 2.19. The number of aldehydes is 1. The first kappa shape index (κ1) is 10.1. The number of nitrogens with zero attached hydrogens (tertiary/aromatic N) is 1. The lowest BCUT2D eigenvalue weighted by atomic mass is 10.2. The molecule has 0 radical (unpaired) electrons. The van der Waals surface area contributed by atoms with E-state index >= 15 is 0 Å². The molecule has 0 N–H and O–H groups in total. The number of rotatable bonds is 2. The van der Waals surface area contributed by atoms with Crippen molar-refractivity contribution in [2.75, 3.05) is 6.54 Å². The van der Waals surface area contributed by atoms with Crippen molar-refractivity contribution in [2.45, 2.75) is 32.7 Å². The normalized spacial score (nSPS) is 22.0. The van der Waals surface area contributed by atoms with Crippen molar-refractivity contribution in [3.05, 3.63) is 0 Å². The SMILES string of the molecule is CC.O=C[C@@H]1CCCN1C=O. The van der Waals surface area contributed by atoms with Crippen LogP contribution in [0.15, 0.2) is 0 Å². The van der Waals surface area contributed by atoms with Crippen LogP contribution in [0, 0.1) is 0 Å². The summed E-state index contributed by atoms with van der Waals surface area (Å²) in [5.74, 6) is 0. The molecule has 1 saturated heterocycles. The molecule has 11 heavy (non-hydrogen) atoms. The monoisotopic (exact) mass is 157 g/mol. The van der Waals surface area contributed by atoms with Crippen molar-refractivity contribution < 1.29 is 9.59 Å². The zero-order chi connectivity index (χ0) is 8.69. The summed E-state index contributed by atoms with van der Waals surface area (Å²) in [5, 5.41) is 0. The van der Waals surface area contributed by atoms with Crippen LogP contribution >= 0.6 is 0 Å². The van der Waals surface area contributed by atoms with Crippen LogP contribution in [0.5, 0.6) is 0 Å². The minimum absolute atomic E-state index is 0.137. The Morgan fingerprint density at radius 1 is 1.36 bits per heavy atom. The highest BCUT2D eigenvalue weighted by Gasteiger charge is 2.21. The number of carbonyl (C=O) groups excluding carboxylic acids is 2. The van der Waals surface area contributed by atoms with Crippen molar-refractivity contribution in [1.82, 2.24) is 4.90 Å². The Labute approximate surface area is 67.4 Å². The van der Waals surface area contributed by atoms with E-state index in [1.165, 1.54) is 4.90 Å². The highest BCUT2D eigenvalue weighted by Crippen LogP contribution is 2.11. The number of hydrogen-bond donors (Lipinski definition) is 0. The molecule has 1 amide bonds. The highest BCUT2D eigenvalue weighted by atomic mass is 16.1. The number of hydrogen-bond acceptors (Lipinski definition) is 2. The second kappa shape index (κ2) is 5.89. The Hall–Kier alpha value is -0.860. The molecule has 64 valence electrons. The molecule has 0 unspecified atom stereocenters. The minimum atomic E-state index is -0.137. The van der Waals surface area contributed by atoms with Gasteiger partial charge in [0.15, 0.2) is 0 Å². The summed E-state index contributed by atoms with van der Waals surface area (Å²) in [4.78, 5) is 21.9. The molecular formula is C8H15NO2. The summed E-state index contributed by atoms with van der Waals surface area (Å²) < 4.78 is 0. The fourth-order valence-corrected chi connectivity index (χ4v) is 1.09. The van der Waals surface area contributed by atoms with E-state index in [1.54, 1.807) is 0 Å². The molecule has 0 aromatic carbocycles. The number of amides is 1. The van der Waals surface area contributed by atoms with E-state index in [4.69, 9.17) is 0 Å². The molecule has 0 bridgehead atoms. The van der Waals surface area contributed by atoms with E-state index < -0.39 is 0 Å². The van der Waals surface area contributed by atoms with Crippen LogP contribution in [0.4, 0.5) is 0 Å². The molecule has 1 fully saturated rings. The molecule has 0 aromatic heterocycles. The molecule has 1 rings (SSSR count). The van der Waals surface area contributed by atoms with Crippen molar-refractivity contribution in [3.63, 3.8) is 0 Å². The van der Waals surface area contributed by atoms with Gasteiger partial charge in [0.1, 0.15) is 6.29 Å². The Kier molecular flexibility index (Phi) is 5.43. The standard InChI is InChI=1S/C6H9NO2.C2H6/c8-4-6-2-1-3-7(6)5-9;1-2/h4-6H,1-3H2;1-2H3/t6-;/m0./s1. The van der Waals surface area contributed by atoms with E-state index in [0.29, 0.717) is 0 Å². The van der Waals surface area contributed by atoms with Gasteiger partial charge in [-0.05, 0) is 12.8 Å². The van der Waals surface area contributed by atoms with Gasteiger partial charge in [-0.15, -0.1) is 0 Å². The summed E-state index contributed by atoms with van der Waals surface area (Å²) in [6, 6.07) is -0.137. The summed E-state index contributed by atoms with van der Waals surface area (Å²) in [5.41, 5.74) is 0. The van der Waals surface area contributed by atoms with Gasteiger partial charge in [-0.25, -0.2) is 0 Å². The maximum Gasteiger partial charge on any atom is 0.210 e. The minimum Gasteiger partial charge on any atom is -0.336 e. The highest BCUT2D eigenvalue weighted by molar-refractivity contribution is 5.64. The van der Waals surface area contributed by atoms with Gasteiger partial charge >= 0.3 is 0 Å². The summed E-state index contributed by atoms with van der Waals surface area (Å²) in [7, 11) is 0. The van der Waals surface area contributed by atoms with Crippen LogP contribution in [0.2, 0.25) is 0 Å². The van der Waals surface area contributed by atoms with Gasteiger partial charge < -0.3 is 9.69 Å². The fourth-order valence-electron chi connectivity index (χ4n) is 1.09. The van der Waals surface area contributed by atoms with E-state index in [0.717, 1.165) is 32.1 Å². The van der Waals surface area contributed by atoms with E-state index in [-0.39, 0.29) is 6.04 Å². The Morgan fingerprint density at radius 2 is 2.00 bits per heavy atom. The first-order valence-corrected chi connectivity index (χ1v) is 4.05.